The molecular formula is C14H24O5S. The Morgan fingerprint density at radius 3 is 2.35 bits per heavy atom. The molecule has 0 spiro atoms. The Bertz CT molecular complexity index is 458. The van der Waals surface area contributed by atoms with Gasteiger partial charge < -0.3 is 4.74 Å². The van der Waals surface area contributed by atoms with Crippen molar-refractivity contribution in [3.05, 3.63) is 0 Å². The van der Waals surface area contributed by atoms with E-state index in [0.717, 1.165) is 19.8 Å². The fraction of sp³-hybridized carbons (Fsp3) is 0.929. The Balaban J connectivity index is 2.00. The lowest BCUT2D eigenvalue weighted by molar-refractivity contribution is -0.126. The molecule has 0 saturated heterocycles. The summed E-state index contributed by atoms with van der Waals surface area (Å²) in [5.74, 6) is 0.710. The van der Waals surface area contributed by atoms with E-state index in [2.05, 4.69) is 6.92 Å². The minimum absolute atomic E-state index is 0.0909. The van der Waals surface area contributed by atoms with Crippen LogP contribution in [0.25, 0.3) is 0 Å². The first kappa shape index (κ1) is 15.9. The fourth-order valence-electron chi connectivity index (χ4n) is 4.06. The van der Waals surface area contributed by atoms with Crippen molar-refractivity contribution >= 4 is 15.9 Å². The van der Waals surface area contributed by atoms with E-state index in [0.29, 0.717) is 11.8 Å². The zero-order chi connectivity index (χ0) is 15.0. The third-order valence-corrected chi connectivity index (χ3v) is 5.65. The van der Waals surface area contributed by atoms with Crippen LogP contribution in [0, 0.1) is 17.3 Å². The number of carbonyl (C=O) groups is 1. The highest BCUT2D eigenvalue weighted by molar-refractivity contribution is 7.87. The molecule has 0 amide bonds. The molecule has 2 saturated carbocycles. The van der Waals surface area contributed by atoms with Gasteiger partial charge in [0.25, 0.3) is 10.1 Å². The molecular weight excluding hydrogens is 280 g/mol. The van der Waals surface area contributed by atoms with Crippen molar-refractivity contribution in [1.82, 2.24) is 0 Å². The third kappa shape index (κ3) is 3.80. The van der Waals surface area contributed by atoms with E-state index in [9.17, 15) is 13.2 Å². The molecule has 5 nitrogen and oxygen atoms in total. The maximum absolute atomic E-state index is 11.3. The van der Waals surface area contributed by atoms with E-state index in [1.54, 1.807) is 0 Å². The molecule has 0 heterocycles. The second-order valence-electron chi connectivity index (χ2n) is 6.89. The largest absolute Gasteiger partial charge is 0.353 e. The molecule has 2 bridgehead atoms. The number of rotatable bonds is 5. The summed E-state index contributed by atoms with van der Waals surface area (Å²) in [6.07, 6.45) is 7.05. The Hall–Kier alpha value is -0.460. The van der Waals surface area contributed by atoms with Crippen molar-refractivity contribution in [2.24, 2.45) is 17.3 Å². The Morgan fingerprint density at radius 1 is 1.35 bits per heavy atom. The molecule has 0 radical (unpaired) electrons. The van der Waals surface area contributed by atoms with Gasteiger partial charge in [0.1, 0.15) is 0 Å². The van der Waals surface area contributed by atoms with Crippen molar-refractivity contribution < 1.29 is 22.5 Å². The smallest absolute Gasteiger partial charge is 0.299 e. The lowest BCUT2D eigenvalue weighted by atomic mass is 9.62. The minimum atomic E-state index is -4.48. The number of ketones is 1. The first-order valence-corrected chi connectivity index (χ1v) is 8.78. The van der Waals surface area contributed by atoms with Crippen LogP contribution in [0.4, 0.5) is 0 Å². The monoisotopic (exact) mass is 304 g/mol. The molecule has 6 heteroatoms. The molecule has 2 aliphatic rings. The predicted octanol–water partition coefficient (Wildman–Crippen LogP) is 2.41. The van der Waals surface area contributed by atoms with Crippen molar-refractivity contribution in [2.75, 3.05) is 6.61 Å². The standard InChI is InChI=1S/C14H24O5S/c1-10(15)13(20(16,17)18)19-9-14(2)7-11-4-3-5-12(6-11)8-14/h11-13H,3-9H2,1-2H3,(H,16,17,18). The molecule has 116 valence electrons. The van der Waals surface area contributed by atoms with E-state index < -0.39 is 21.3 Å². The van der Waals surface area contributed by atoms with Crippen LogP contribution in [0.3, 0.4) is 0 Å². The molecule has 20 heavy (non-hydrogen) atoms. The highest BCUT2D eigenvalue weighted by Crippen LogP contribution is 2.48. The topological polar surface area (TPSA) is 80.7 Å². The average Bonchev–Trinajstić information content (AvgIpc) is 2.25. The summed E-state index contributed by atoms with van der Waals surface area (Å²) in [5, 5.41) is 0. The lowest BCUT2D eigenvalue weighted by Gasteiger charge is -2.45. The van der Waals surface area contributed by atoms with E-state index in [-0.39, 0.29) is 12.0 Å². The van der Waals surface area contributed by atoms with Crippen molar-refractivity contribution in [1.29, 1.82) is 0 Å². The normalized spacial score (nSPS) is 35.5. The van der Waals surface area contributed by atoms with Crippen LogP contribution in [0.15, 0.2) is 0 Å². The van der Waals surface area contributed by atoms with Crippen LogP contribution < -0.4 is 0 Å². The first-order valence-electron chi connectivity index (χ1n) is 7.28. The van der Waals surface area contributed by atoms with Crippen molar-refractivity contribution in [2.45, 2.75) is 57.8 Å². The van der Waals surface area contributed by atoms with Crippen LogP contribution in [0.1, 0.15) is 52.4 Å². The number of hydrogen-bond donors (Lipinski definition) is 1. The summed E-state index contributed by atoms with van der Waals surface area (Å²) in [6.45, 7) is 3.43. The molecule has 2 fully saturated rings. The summed E-state index contributed by atoms with van der Waals surface area (Å²) in [6, 6.07) is 0. The molecule has 2 aliphatic carbocycles. The third-order valence-electron chi connectivity index (χ3n) is 4.64. The molecule has 0 aromatic carbocycles. The van der Waals surface area contributed by atoms with E-state index in [1.165, 1.54) is 25.7 Å². The van der Waals surface area contributed by atoms with Gasteiger partial charge in [0, 0.05) is 0 Å². The van der Waals surface area contributed by atoms with Crippen LogP contribution in [0.5, 0.6) is 0 Å². The quantitative estimate of drug-likeness (QED) is 0.789. The molecule has 2 rings (SSSR count). The maximum Gasteiger partial charge on any atom is 0.299 e. The summed E-state index contributed by atoms with van der Waals surface area (Å²) in [7, 11) is -4.48. The Morgan fingerprint density at radius 2 is 1.90 bits per heavy atom. The molecule has 0 aromatic heterocycles. The lowest BCUT2D eigenvalue weighted by Crippen LogP contribution is -2.40. The number of fused-ring (bicyclic) bond motifs is 2. The minimum Gasteiger partial charge on any atom is -0.353 e. The zero-order valence-electron chi connectivity index (χ0n) is 12.2. The highest BCUT2D eigenvalue weighted by Gasteiger charge is 2.41. The maximum atomic E-state index is 11.3. The number of Topliss-reactive ketones (excluding diaryl/α,β-unsaturated/α-hetero) is 1. The van der Waals surface area contributed by atoms with Gasteiger partial charge in [0.2, 0.25) is 5.44 Å². The Kier molecular flexibility index (Phi) is 4.56. The SMILES string of the molecule is CC(=O)C(OCC1(C)CC2CCCC(C2)C1)S(=O)(=O)O. The van der Waals surface area contributed by atoms with Gasteiger partial charge in [-0.25, -0.2) is 0 Å². The van der Waals surface area contributed by atoms with Crippen LogP contribution in [-0.4, -0.2) is 30.8 Å². The second kappa shape index (κ2) is 5.73. The van der Waals surface area contributed by atoms with Gasteiger partial charge in [-0.3, -0.25) is 9.35 Å². The molecule has 0 aliphatic heterocycles. The van der Waals surface area contributed by atoms with E-state index in [1.807, 2.05) is 0 Å². The van der Waals surface area contributed by atoms with E-state index >= 15 is 0 Å². The second-order valence-corrected chi connectivity index (χ2v) is 8.34. The molecule has 0 aromatic rings. The van der Waals surface area contributed by atoms with Gasteiger partial charge >= 0.3 is 0 Å². The highest BCUT2D eigenvalue weighted by atomic mass is 32.2. The predicted molar refractivity (Wildman–Crippen MR) is 74.8 cm³/mol. The fourth-order valence-corrected chi connectivity index (χ4v) is 4.72. The number of ether oxygens (including phenoxy) is 1. The van der Waals surface area contributed by atoms with Gasteiger partial charge in [0.05, 0.1) is 6.61 Å². The van der Waals surface area contributed by atoms with Gasteiger partial charge in [-0.05, 0) is 43.4 Å². The molecule has 3 unspecified atom stereocenters. The van der Waals surface area contributed by atoms with Gasteiger partial charge in [-0.2, -0.15) is 8.42 Å². The zero-order valence-corrected chi connectivity index (χ0v) is 13.0. The van der Waals surface area contributed by atoms with Gasteiger partial charge in [0.15, 0.2) is 5.78 Å². The van der Waals surface area contributed by atoms with Crippen molar-refractivity contribution in [3.8, 4) is 0 Å². The Labute approximate surface area is 120 Å². The molecule has 1 N–H and O–H groups in total. The number of hydrogen-bond acceptors (Lipinski definition) is 4. The number of carbonyl (C=O) groups excluding carboxylic acids is 1. The average molecular weight is 304 g/mol. The van der Waals surface area contributed by atoms with Crippen LogP contribution >= 0.6 is 0 Å². The summed E-state index contributed by atoms with van der Waals surface area (Å²) >= 11 is 0. The molecule has 3 atom stereocenters. The summed E-state index contributed by atoms with van der Waals surface area (Å²) in [5.41, 5.74) is -1.83. The van der Waals surface area contributed by atoms with E-state index in [4.69, 9.17) is 9.29 Å². The van der Waals surface area contributed by atoms with Gasteiger partial charge in [-0.1, -0.05) is 26.2 Å². The summed E-state index contributed by atoms with van der Waals surface area (Å²) in [4.78, 5) is 11.3. The van der Waals surface area contributed by atoms with Crippen molar-refractivity contribution in [3.63, 3.8) is 0 Å². The first-order chi connectivity index (χ1) is 9.20. The van der Waals surface area contributed by atoms with Gasteiger partial charge in [-0.15, -0.1) is 0 Å². The van der Waals surface area contributed by atoms with Crippen LogP contribution in [0.2, 0.25) is 0 Å². The van der Waals surface area contributed by atoms with Crippen LogP contribution in [-0.2, 0) is 19.6 Å². The summed E-state index contributed by atoms with van der Waals surface area (Å²) < 4.78 is 36.6.